The van der Waals surface area contributed by atoms with Crippen LogP contribution in [0.2, 0.25) is 0 Å². The number of halogens is 1. The summed E-state index contributed by atoms with van der Waals surface area (Å²) >= 11 is 3.32. The molecule has 16 heavy (non-hydrogen) atoms. The lowest BCUT2D eigenvalue weighted by atomic mass is 9.91. The molecule has 0 aromatic carbocycles. The summed E-state index contributed by atoms with van der Waals surface area (Å²) in [4.78, 5) is 2.42. The van der Waals surface area contributed by atoms with Gasteiger partial charge in [0.05, 0.1) is 6.54 Å². The van der Waals surface area contributed by atoms with Crippen LogP contribution >= 0.6 is 15.9 Å². The highest BCUT2D eigenvalue weighted by atomic mass is 79.9. The van der Waals surface area contributed by atoms with Crippen molar-refractivity contribution in [2.75, 3.05) is 13.2 Å². The van der Waals surface area contributed by atoms with Crippen molar-refractivity contribution in [3.8, 4) is 0 Å². The van der Waals surface area contributed by atoms with E-state index in [9.17, 15) is 0 Å². The van der Waals surface area contributed by atoms with E-state index in [0.717, 1.165) is 29.9 Å². The Morgan fingerprint density at radius 2 is 2.25 bits per heavy atom. The van der Waals surface area contributed by atoms with E-state index in [0.29, 0.717) is 6.04 Å². The van der Waals surface area contributed by atoms with Crippen molar-refractivity contribution in [1.82, 2.24) is 4.90 Å². The van der Waals surface area contributed by atoms with Gasteiger partial charge in [-0.15, -0.1) is 0 Å². The van der Waals surface area contributed by atoms with E-state index < -0.39 is 0 Å². The van der Waals surface area contributed by atoms with Crippen molar-refractivity contribution in [1.29, 1.82) is 0 Å². The molecule has 0 atom stereocenters. The van der Waals surface area contributed by atoms with Gasteiger partial charge in [-0.25, -0.2) is 0 Å². The zero-order chi connectivity index (χ0) is 11.4. The summed E-state index contributed by atoms with van der Waals surface area (Å²) in [5.41, 5.74) is 0. The summed E-state index contributed by atoms with van der Waals surface area (Å²) in [6, 6.07) is 4.63. The third-order valence-electron chi connectivity index (χ3n) is 3.18. The molecule has 0 unspecified atom stereocenters. The van der Waals surface area contributed by atoms with Crippen molar-refractivity contribution in [2.45, 2.75) is 38.3 Å². The smallest absolute Gasteiger partial charge is 0.169 e. The Labute approximate surface area is 105 Å². The number of aliphatic hydroxyl groups is 1. The maximum atomic E-state index is 8.90. The first kappa shape index (κ1) is 12.1. The number of hydrogen-bond donors (Lipinski definition) is 1. The Kier molecular flexibility index (Phi) is 4.44. The number of nitrogens with zero attached hydrogens (tertiary/aromatic N) is 1. The van der Waals surface area contributed by atoms with Gasteiger partial charge < -0.3 is 9.52 Å². The van der Waals surface area contributed by atoms with Gasteiger partial charge in [0, 0.05) is 19.2 Å². The molecule has 1 aliphatic carbocycles. The lowest BCUT2D eigenvalue weighted by molar-refractivity contribution is 0.101. The molecule has 1 aromatic rings. The van der Waals surface area contributed by atoms with Crippen molar-refractivity contribution in [2.24, 2.45) is 0 Å². The molecule has 1 aromatic heterocycles. The average molecular weight is 288 g/mol. The van der Waals surface area contributed by atoms with Crippen LogP contribution in [0.4, 0.5) is 0 Å². The minimum atomic E-state index is 0.269. The van der Waals surface area contributed by atoms with Crippen molar-refractivity contribution >= 4 is 15.9 Å². The molecule has 1 heterocycles. The van der Waals surface area contributed by atoms with Gasteiger partial charge in [0.25, 0.3) is 0 Å². The van der Waals surface area contributed by atoms with Gasteiger partial charge in [0.15, 0.2) is 4.67 Å². The lowest BCUT2D eigenvalue weighted by Gasteiger charge is -2.37. The van der Waals surface area contributed by atoms with E-state index in [1.807, 2.05) is 12.1 Å². The van der Waals surface area contributed by atoms with Gasteiger partial charge in [-0.1, -0.05) is 6.42 Å². The topological polar surface area (TPSA) is 36.6 Å². The van der Waals surface area contributed by atoms with Gasteiger partial charge >= 0.3 is 0 Å². The molecule has 4 heteroatoms. The molecule has 3 nitrogen and oxygen atoms in total. The molecule has 90 valence electrons. The number of hydrogen-bond acceptors (Lipinski definition) is 3. The maximum absolute atomic E-state index is 8.90. The molecule has 0 amide bonds. The van der Waals surface area contributed by atoms with Crippen LogP contribution in [0, 0.1) is 0 Å². The normalized spacial score (nSPS) is 16.7. The lowest BCUT2D eigenvalue weighted by Crippen LogP contribution is -2.40. The Hall–Kier alpha value is -0.320. The highest BCUT2D eigenvalue weighted by Gasteiger charge is 2.25. The third kappa shape index (κ3) is 3.09. The van der Waals surface area contributed by atoms with Crippen LogP contribution < -0.4 is 0 Å². The predicted molar refractivity (Wildman–Crippen MR) is 66.2 cm³/mol. The SMILES string of the molecule is OCCCN(Cc1ccc(Br)o1)C1CCC1. The predicted octanol–water partition coefficient (Wildman–Crippen LogP) is 2.78. The van der Waals surface area contributed by atoms with Crippen LogP contribution in [0.25, 0.3) is 0 Å². The standard InChI is InChI=1S/C12H18BrNO2/c13-12-6-5-11(16-12)9-14(7-2-8-15)10-3-1-4-10/h5-6,10,15H,1-4,7-9H2. The first-order valence-corrected chi connectivity index (χ1v) is 6.68. The zero-order valence-electron chi connectivity index (χ0n) is 9.36. The van der Waals surface area contributed by atoms with Gasteiger partial charge in [-0.05, 0) is 47.3 Å². The van der Waals surface area contributed by atoms with Gasteiger partial charge in [0.1, 0.15) is 5.76 Å². The second kappa shape index (κ2) is 5.84. The van der Waals surface area contributed by atoms with Crippen LogP contribution in [0.5, 0.6) is 0 Å². The van der Waals surface area contributed by atoms with Gasteiger partial charge in [0.2, 0.25) is 0 Å². The monoisotopic (exact) mass is 287 g/mol. The van der Waals surface area contributed by atoms with Crippen LogP contribution in [0.3, 0.4) is 0 Å². The summed E-state index contributed by atoms with van der Waals surface area (Å²) in [6.45, 7) is 2.08. The molecule has 1 fully saturated rings. The highest BCUT2D eigenvalue weighted by Crippen LogP contribution is 2.27. The Morgan fingerprint density at radius 1 is 1.44 bits per heavy atom. The second-order valence-corrected chi connectivity index (χ2v) is 5.12. The first-order valence-electron chi connectivity index (χ1n) is 5.88. The summed E-state index contributed by atoms with van der Waals surface area (Å²) < 4.78 is 6.32. The van der Waals surface area contributed by atoms with Crippen LogP contribution in [-0.2, 0) is 6.54 Å². The Bertz CT molecular complexity index is 323. The molecule has 1 N–H and O–H groups in total. The maximum Gasteiger partial charge on any atom is 0.169 e. The Morgan fingerprint density at radius 3 is 2.75 bits per heavy atom. The van der Waals surface area contributed by atoms with E-state index in [1.54, 1.807) is 0 Å². The van der Waals surface area contributed by atoms with Crippen LogP contribution in [0.15, 0.2) is 21.2 Å². The molecule has 0 bridgehead atoms. The molecular formula is C12H18BrNO2. The van der Waals surface area contributed by atoms with Crippen LogP contribution in [0.1, 0.15) is 31.4 Å². The fraction of sp³-hybridized carbons (Fsp3) is 0.667. The molecule has 1 saturated carbocycles. The second-order valence-electron chi connectivity index (χ2n) is 4.34. The van der Waals surface area contributed by atoms with Crippen molar-refractivity contribution < 1.29 is 9.52 Å². The van der Waals surface area contributed by atoms with Gasteiger partial charge in [-0.3, -0.25) is 4.90 Å². The number of aliphatic hydroxyl groups excluding tert-OH is 1. The van der Waals surface area contributed by atoms with Crippen LogP contribution in [-0.4, -0.2) is 29.2 Å². The zero-order valence-corrected chi connectivity index (χ0v) is 10.9. The van der Waals surface area contributed by atoms with E-state index in [-0.39, 0.29) is 6.61 Å². The summed E-state index contributed by atoms with van der Waals surface area (Å²) in [5.74, 6) is 0.997. The number of furan rings is 1. The first-order chi connectivity index (χ1) is 7.79. The quantitative estimate of drug-likeness (QED) is 0.874. The molecular weight excluding hydrogens is 270 g/mol. The molecule has 2 rings (SSSR count). The van der Waals surface area contributed by atoms with E-state index in [1.165, 1.54) is 19.3 Å². The van der Waals surface area contributed by atoms with Gasteiger partial charge in [-0.2, -0.15) is 0 Å². The minimum absolute atomic E-state index is 0.269. The molecule has 0 spiro atoms. The summed E-state index contributed by atoms with van der Waals surface area (Å²) in [7, 11) is 0. The Balaban J connectivity index is 1.90. The highest BCUT2D eigenvalue weighted by molar-refractivity contribution is 9.10. The minimum Gasteiger partial charge on any atom is -0.453 e. The third-order valence-corrected chi connectivity index (χ3v) is 3.61. The number of rotatable bonds is 6. The van der Waals surface area contributed by atoms with E-state index in [4.69, 9.17) is 9.52 Å². The van der Waals surface area contributed by atoms with E-state index >= 15 is 0 Å². The van der Waals surface area contributed by atoms with Crippen molar-refractivity contribution in [3.05, 3.63) is 22.6 Å². The van der Waals surface area contributed by atoms with E-state index in [2.05, 4.69) is 20.8 Å². The summed E-state index contributed by atoms with van der Waals surface area (Å²) in [6.07, 6.45) is 4.75. The molecule has 1 aliphatic rings. The molecule has 0 aliphatic heterocycles. The largest absolute Gasteiger partial charge is 0.453 e. The van der Waals surface area contributed by atoms with Crippen molar-refractivity contribution in [3.63, 3.8) is 0 Å². The fourth-order valence-electron chi connectivity index (χ4n) is 2.05. The fourth-order valence-corrected chi connectivity index (χ4v) is 2.39. The molecule has 0 saturated heterocycles. The summed E-state index contributed by atoms with van der Waals surface area (Å²) in [5, 5.41) is 8.90. The average Bonchev–Trinajstić information content (AvgIpc) is 2.58. The molecule has 0 radical (unpaired) electrons.